The lowest BCUT2D eigenvalue weighted by Gasteiger charge is -2.39. The van der Waals surface area contributed by atoms with Gasteiger partial charge in [0.15, 0.2) is 0 Å². The molecule has 0 amide bonds. The lowest BCUT2D eigenvalue weighted by atomic mass is 9.67. The van der Waals surface area contributed by atoms with Gasteiger partial charge in [-0.15, -0.1) is 0 Å². The molecule has 0 aromatic carbocycles. The first-order valence-corrected chi connectivity index (χ1v) is 8.68. The van der Waals surface area contributed by atoms with Crippen LogP contribution in [0.2, 0.25) is 0 Å². The van der Waals surface area contributed by atoms with Crippen LogP contribution in [0.25, 0.3) is 0 Å². The van der Waals surface area contributed by atoms with Crippen molar-refractivity contribution in [2.24, 2.45) is 17.1 Å². The zero-order chi connectivity index (χ0) is 15.3. The molecule has 2 rings (SSSR count). The van der Waals surface area contributed by atoms with Gasteiger partial charge in [0.05, 0.1) is 0 Å². The number of aromatic nitrogens is 3. The molecule has 0 saturated heterocycles. The van der Waals surface area contributed by atoms with Gasteiger partial charge in [-0.3, -0.25) is 0 Å². The van der Waals surface area contributed by atoms with Gasteiger partial charge in [0.2, 0.25) is 0 Å². The Morgan fingerprint density at radius 3 is 2.67 bits per heavy atom. The van der Waals surface area contributed by atoms with E-state index in [1.807, 2.05) is 0 Å². The monoisotopic (exact) mass is 292 g/mol. The van der Waals surface area contributed by atoms with Crippen molar-refractivity contribution in [3.8, 4) is 0 Å². The highest BCUT2D eigenvalue weighted by Crippen LogP contribution is 2.42. The lowest BCUT2D eigenvalue weighted by molar-refractivity contribution is 0.145. The van der Waals surface area contributed by atoms with Crippen molar-refractivity contribution >= 4 is 0 Å². The van der Waals surface area contributed by atoms with Crippen molar-refractivity contribution in [3.63, 3.8) is 0 Å². The molecular weight excluding hydrogens is 260 g/mol. The van der Waals surface area contributed by atoms with Crippen LogP contribution in [0, 0.1) is 11.3 Å². The highest BCUT2D eigenvalue weighted by molar-refractivity contribution is 4.98. The highest BCUT2D eigenvalue weighted by atomic mass is 15.3. The van der Waals surface area contributed by atoms with Gasteiger partial charge >= 0.3 is 0 Å². The van der Waals surface area contributed by atoms with E-state index < -0.39 is 0 Å². The molecule has 4 nitrogen and oxygen atoms in total. The van der Waals surface area contributed by atoms with E-state index >= 15 is 0 Å². The predicted octanol–water partition coefficient (Wildman–Crippen LogP) is 3.73. The van der Waals surface area contributed by atoms with E-state index in [4.69, 9.17) is 5.73 Å². The Labute approximate surface area is 129 Å². The second-order valence-electron chi connectivity index (χ2n) is 7.18. The number of nitrogens with zero attached hydrogens (tertiary/aromatic N) is 3. The maximum atomic E-state index is 6.17. The van der Waals surface area contributed by atoms with Gasteiger partial charge in [0.25, 0.3) is 0 Å². The summed E-state index contributed by atoms with van der Waals surface area (Å²) >= 11 is 0. The van der Waals surface area contributed by atoms with Crippen LogP contribution in [-0.4, -0.2) is 21.3 Å². The molecular formula is C17H32N4. The quantitative estimate of drug-likeness (QED) is 0.833. The van der Waals surface area contributed by atoms with Crippen molar-refractivity contribution in [2.45, 2.75) is 78.2 Å². The minimum atomic E-state index is 0.252. The van der Waals surface area contributed by atoms with E-state index in [9.17, 15) is 0 Å². The number of rotatable bonds is 7. The maximum Gasteiger partial charge on any atom is 0.138 e. The van der Waals surface area contributed by atoms with E-state index in [1.165, 1.54) is 44.9 Å². The van der Waals surface area contributed by atoms with Crippen LogP contribution in [0.3, 0.4) is 0 Å². The fourth-order valence-corrected chi connectivity index (χ4v) is 3.69. The summed E-state index contributed by atoms with van der Waals surface area (Å²) in [5, 5.41) is 4.37. The van der Waals surface area contributed by atoms with Gasteiger partial charge in [0.1, 0.15) is 12.2 Å². The SMILES string of the molecule is CCCCC1CCC(CN)(Cc2ncnn2C(C)C)CC1. The standard InChI is InChI=1S/C17H32N4/c1-4-5-6-15-7-9-17(12-18,10-8-15)11-16-19-13-20-21(16)14(2)3/h13-15H,4-12,18H2,1-3H3. The number of hydrogen-bond donors (Lipinski definition) is 1. The molecule has 1 aromatic heterocycles. The molecule has 0 aliphatic heterocycles. The highest BCUT2D eigenvalue weighted by Gasteiger charge is 2.35. The summed E-state index contributed by atoms with van der Waals surface area (Å²) in [4.78, 5) is 4.49. The van der Waals surface area contributed by atoms with Crippen LogP contribution in [0.15, 0.2) is 6.33 Å². The van der Waals surface area contributed by atoms with Gasteiger partial charge in [-0.2, -0.15) is 5.10 Å². The molecule has 1 fully saturated rings. The zero-order valence-electron chi connectivity index (χ0n) is 14.0. The van der Waals surface area contributed by atoms with E-state index in [0.717, 1.165) is 24.7 Å². The average Bonchev–Trinajstić information content (AvgIpc) is 2.95. The Balaban J connectivity index is 1.98. The van der Waals surface area contributed by atoms with Crippen molar-refractivity contribution in [1.29, 1.82) is 0 Å². The van der Waals surface area contributed by atoms with Gasteiger partial charge in [-0.05, 0) is 57.4 Å². The molecule has 0 unspecified atom stereocenters. The van der Waals surface area contributed by atoms with Gasteiger partial charge < -0.3 is 5.73 Å². The summed E-state index contributed by atoms with van der Waals surface area (Å²) in [6.45, 7) is 7.38. The van der Waals surface area contributed by atoms with Crippen molar-refractivity contribution in [2.75, 3.05) is 6.54 Å². The first-order chi connectivity index (χ1) is 10.1. The summed E-state index contributed by atoms with van der Waals surface area (Å²) in [5.74, 6) is 2.04. The van der Waals surface area contributed by atoms with E-state index in [-0.39, 0.29) is 5.41 Å². The molecule has 120 valence electrons. The molecule has 0 spiro atoms. The predicted molar refractivity (Wildman–Crippen MR) is 87.1 cm³/mol. The average molecular weight is 292 g/mol. The minimum Gasteiger partial charge on any atom is -0.330 e. The molecule has 1 aromatic rings. The molecule has 0 radical (unpaired) electrons. The molecule has 0 atom stereocenters. The van der Waals surface area contributed by atoms with Crippen LogP contribution >= 0.6 is 0 Å². The van der Waals surface area contributed by atoms with Crippen molar-refractivity contribution in [3.05, 3.63) is 12.2 Å². The van der Waals surface area contributed by atoms with Crippen LogP contribution in [0.1, 0.15) is 77.6 Å². The Hall–Kier alpha value is -0.900. The minimum absolute atomic E-state index is 0.252. The number of nitrogens with two attached hydrogens (primary N) is 1. The van der Waals surface area contributed by atoms with Gasteiger partial charge in [0, 0.05) is 12.5 Å². The number of hydrogen-bond acceptors (Lipinski definition) is 3. The Morgan fingerprint density at radius 1 is 1.38 bits per heavy atom. The zero-order valence-corrected chi connectivity index (χ0v) is 14.0. The molecule has 1 aliphatic rings. The third kappa shape index (κ3) is 4.06. The normalized spacial score (nSPS) is 26.4. The summed E-state index contributed by atoms with van der Waals surface area (Å²) in [6.07, 6.45) is 12.0. The lowest BCUT2D eigenvalue weighted by Crippen LogP contribution is -2.37. The van der Waals surface area contributed by atoms with Gasteiger partial charge in [-0.25, -0.2) is 9.67 Å². The maximum absolute atomic E-state index is 6.17. The first-order valence-electron chi connectivity index (χ1n) is 8.68. The summed E-state index contributed by atoms with van der Waals surface area (Å²) < 4.78 is 2.06. The Bertz CT molecular complexity index is 416. The smallest absolute Gasteiger partial charge is 0.138 e. The second kappa shape index (κ2) is 7.39. The van der Waals surface area contributed by atoms with Crippen LogP contribution in [0.4, 0.5) is 0 Å². The molecule has 1 saturated carbocycles. The van der Waals surface area contributed by atoms with Crippen LogP contribution < -0.4 is 5.73 Å². The molecule has 4 heteroatoms. The summed E-state index contributed by atoms with van der Waals surface area (Å²) in [6, 6.07) is 0.373. The fourth-order valence-electron chi connectivity index (χ4n) is 3.69. The molecule has 1 aliphatic carbocycles. The van der Waals surface area contributed by atoms with E-state index in [0.29, 0.717) is 6.04 Å². The largest absolute Gasteiger partial charge is 0.330 e. The molecule has 0 bridgehead atoms. The van der Waals surface area contributed by atoms with Crippen LogP contribution in [-0.2, 0) is 6.42 Å². The third-order valence-electron chi connectivity index (χ3n) is 5.23. The van der Waals surface area contributed by atoms with E-state index in [1.54, 1.807) is 6.33 Å². The second-order valence-corrected chi connectivity index (χ2v) is 7.18. The molecule has 1 heterocycles. The first kappa shape index (κ1) is 16.5. The molecule has 2 N–H and O–H groups in total. The van der Waals surface area contributed by atoms with Crippen molar-refractivity contribution < 1.29 is 0 Å². The Kier molecular flexibility index (Phi) is 5.80. The molecule has 21 heavy (non-hydrogen) atoms. The Morgan fingerprint density at radius 2 is 2.10 bits per heavy atom. The van der Waals surface area contributed by atoms with Crippen LogP contribution in [0.5, 0.6) is 0 Å². The summed E-state index contributed by atoms with van der Waals surface area (Å²) in [7, 11) is 0. The number of unbranched alkanes of at least 4 members (excludes halogenated alkanes) is 1. The fraction of sp³-hybridized carbons (Fsp3) is 0.882. The van der Waals surface area contributed by atoms with Gasteiger partial charge in [-0.1, -0.05) is 26.2 Å². The van der Waals surface area contributed by atoms with Crippen molar-refractivity contribution in [1.82, 2.24) is 14.8 Å². The topological polar surface area (TPSA) is 56.7 Å². The third-order valence-corrected chi connectivity index (χ3v) is 5.23. The summed E-state index contributed by atoms with van der Waals surface area (Å²) in [5.41, 5.74) is 6.42. The van der Waals surface area contributed by atoms with E-state index in [2.05, 4.69) is 35.5 Å².